The van der Waals surface area contributed by atoms with Crippen LogP contribution in [0.5, 0.6) is 5.75 Å². The fraction of sp³-hybridized carbons (Fsp3) is 0.500. The molecule has 2 heterocycles. The molecule has 2 aromatic rings. The molecule has 1 aliphatic rings. The molecular weight excluding hydrogens is 326 g/mol. The number of aromatic nitrogens is 2. The van der Waals surface area contributed by atoms with Gasteiger partial charge in [-0.3, -0.25) is 4.99 Å². The second-order valence-corrected chi connectivity index (χ2v) is 6.51. The summed E-state index contributed by atoms with van der Waals surface area (Å²) in [5, 5.41) is 6.93. The number of nitrogens with one attached hydrogen (secondary N) is 2. The molecule has 0 saturated carbocycles. The highest BCUT2D eigenvalue weighted by Gasteiger charge is 2.21. The van der Waals surface area contributed by atoms with Crippen LogP contribution >= 0.6 is 0 Å². The molecule has 0 spiro atoms. The maximum atomic E-state index is 5.75. The van der Waals surface area contributed by atoms with Gasteiger partial charge in [0.15, 0.2) is 5.96 Å². The molecule has 140 valence electrons. The zero-order chi connectivity index (χ0) is 18.2. The van der Waals surface area contributed by atoms with Crippen molar-refractivity contribution in [2.45, 2.75) is 45.7 Å². The normalized spacial score (nSPS) is 16.7. The quantitative estimate of drug-likeness (QED) is 0.455. The molecule has 3 rings (SSSR count). The fourth-order valence-electron chi connectivity index (χ4n) is 3.20. The minimum Gasteiger partial charge on any atom is -0.493 e. The number of unbranched alkanes of at least 4 members (excludes halogenated alkanes) is 1. The van der Waals surface area contributed by atoms with Crippen molar-refractivity contribution < 1.29 is 4.74 Å². The Kier molecular flexibility index (Phi) is 6.52. The predicted octanol–water partition coefficient (Wildman–Crippen LogP) is 3.05. The Morgan fingerprint density at radius 3 is 3.04 bits per heavy atom. The Balaban J connectivity index is 1.52. The summed E-state index contributed by atoms with van der Waals surface area (Å²) in [7, 11) is 0. The number of fused-ring (bicyclic) bond motifs is 1. The van der Waals surface area contributed by atoms with Crippen LogP contribution in [0.4, 0.5) is 0 Å². The Morgan fingerprint density at radius 2 is 2.23 bits per heavy atom. The van der Waals surface area contributed by atoms with Gasteiger partial charge in [0.05, 0.1) is 12.6 Å². The number of aryl methyl sites for hydroxylation is 2. The van der Waals surface area contributed by atoms with Gasteiger partial charge in [0.25, 0.3) is 0 Å². The third kappa shape index (κ3) is 4.77. The molecule has 2 N–H and O–H groups in total. The first-order valence-electron chi connectivity index (χ1n) is 9.52. The van der Waals surface area contributed by atoms with Crippen molar-refractivity contribution in [3.63, 3.8) is 0 Å². The second kappa shape index (κ2) is 9.27. The van der Waals surface area contributed by atoms with E-state index in [1.54, 1.807) is 0 Å². The van der Waals surface area contributed by atoms with Gasteiger partial charge in [-0.2, -0.15) is 0 Å². The molecule has 0 radical (unpaired) electrons. The summed E-state index contributed by atoms with van der Waals surface area (Å²) in [5.74, 6) is 2.93. The Hall–Kier alpha value is -2.50. The van der Waals surface area contributed by atoms with E-state index in [9.17, 15) is 0 Å². The average Bonchev–Trinajstić information content (AvgIpc) is 3.07. The van der Waals surface area contributed by atoms with E-state index in [1.165, 1.54) is 5.56 Å². The molecule has 0 fully saturated rings. The highest BCUT2D eigenvalue weighted by molar-refractivity contribution is 5.80. The molecule has 26 heavy (non-hydrogen) atoms. The van der Waals surface area contributed by atoms with Crippen LogP contribution in [0.3, 0.4) is 0 Å². The van der Waals surface area contributed by atoms with Gasteiger partial charge in [0.2, 0.25) is 0 Å². The number of imidazole rings is 1. The number of ether oxygens (including phenoxy) is 1. The predicted molar refractivity (Wildman–Crippen MR) is 105 cm³/mol. The summed E-state index contributed by atoms with van der Waals surface area (Å²) >= 11 is 0. The standard InChI is InChI=1S/C20H29N5O/c1-3-21-20(23-11-6-7-13-25-14-12-22-16(25)2)24-18-10-15-26-19-9-5-4-8-17(18)19/h4-5,8-9,12,14,18H,3,6-7,10-11,13,15H2,1-2H3,(H2,21,23,24). The van der Waals surface area contributed by atoms with Gasteiger partial charge in [-0.15, -0.1) is 0 Å². The minimum absolute atomic E-state index is 0.242. The van der Waals surface area contributed by atoms with Crippen LogP contribution in [0.2, 0.25) is 0 Å². The van der Waals surface area contributed by atoms with Crippen LogP contribution in [0, 0.1) is 6.92 Å². The molecule has 6 nitrogen and oxygen atoms in total. The number of hydrogen-bond acceptors (Lipinski definition) is 3. The monoisotopic (exact) mass is 355 g/mol. The van der Waals surface area contributed by atoms with Gasteiger partial charge >= 0.3 is 0 Å². The van der Waals surface area contributed by atoms with E-state index in [0.717, 1.165) is 63.0 Å². The second-order valence-electron chi connectivity index (χ2n) is 6.51. The lowest BCUT2D eigenvalue weighted by atomic mass is 10.0. The summed E-state index contributed by atoms with van der Waals surface area (Å²) in [5.41, 5.74) is 1.21. The molecule has 1 aromatic carbocycles. The summed E-state index contributed by atoms with van der Waals surface area (Å²) in [6.07, 6.45) is 6.99. The number of hydrogen-bond donors (Lipinski definition) is 2. The van der Waals surface area contributed by atoms with Crippen molar-refractivity contribution in [1.29, 1.82) is 0 Å². The van der Waals surface area contributed by atoms with Crippen LogP contribution in [0.15, 0.2) is 41.7 Å². The van der Waals surface area contributed by atoms with Crippen molar-refractivity contribution in [1.82, 2.24) is 20.2 Å². The van der Waals surface area contributed by atoms with Crippen molar-refractivity contribution in [2.24, 2.45) is 4.99 Å². The zero-order valence-electron chi connectivity index (χ0n) is 15.7. The molecule has 1 atom stereocenters. The van der Waals surface area contributed by atoms with Gasteiger partial charge in [0, 0.05) is 44.0 Å². The van der Waals surface area contributed by atoms with Crippen molar-refractivity contribution in [3.05, 3.63) is 48.0 Å². The van der Waals surface area contributed by atoms with Crippen LogP contribution in [-0.2, 0) is 6.54 Å². The maximum absolute atomic E-state index is 5.75. The molecule has 1 aromatic heterocycles. The lowest BCUT2D eigenvalue weighted by Crippen LogP contribution is -2.41. The van der Waals surface area contributed by atoms with E-state index >= 15 is 0 Å². The highest BCUT2D eigenvalue weighted by atomic mass is 16.5. The zero-order valence-corrected chi connectivity index (χ0v) is 15.7. The number of benzene rings is 1. The molecule has 1 aliphatic heterocycles. The van der Waals surface area contributed by atoms with E-state index in [1.807, 2.05) is 31.5 Å². The van der Waals surface area contributed by atoms with Crippen molar-refractivity contribution in [3.8, 4) is 5.75 Å². The lowest BCUT2D eigenvalue weighted by Gasteiger charge is -2.28. The Labute approximate surface area is 155 Å². The van der Waals surface area contributed by atoms with Gasteiger partial charge in [-0.25, -0.2) is 4.98 Å². The smallest absolute Gasteiger partial charge is 0.191 e. The summed E-state index contributed by atoms with van der Waals surface area (Å²) in [4.78, 5) is 9.01. The fourth-order valence-corrected chi connectivity index (χ4v) is 3.20. The van der Waals surface area contributed by atoms with Crippen LogP contribution in [0.25, 0.3) is 0 Å². The molecule has 0 aliphatic carbocycles. The van der Waals surface area contributed by atoms with Crippen LogP contribution in [0.1, 0.15) is 43.6 Å². The first-order valence-corrected chi connectivity index (χ1v) is 9.52. The maximum Gasteiger partial charge on any atom is 0.191 e. The molecule has 1 unspecified atom stereocenters. The van der Waals surface area contributed by atoms with E-state index in [2.05, 4.69) is 39.2 Å². The van der Waals surface area contributed by atoms with E-state index in [4.69, 9.17) is 9.73 Å². The number of aliphatic imine (C=N–C) groups is 1. The molecule has 0 saturated heterocycles. The van der Waals surface area contributed by atoms with Crippen molar-refractivity contribution in [2.75, 3.05) is 19.7 Å². The average molecular weight is 355 g/mol. The summed E-state index contributed by atoms with van der Waals surface area (Å²) < 4.78 is 7.93. The van der Waals surface area contributed by atoms with Crippen molar-refractivity contribution >= 4 is 5.96 Å². The van der Waals surface area contributed by atoms with Gasteiger partial charge < -0.3 is 19.9 Å². The highest BCUT2D eigenvalue weighted by Crippen LogP contribution is 2.31. The van der Waals surface area contributed by atoms with Crippen LogP contribution in [-0.4, -0.2) is 35.2 Å². The van der Waals surface area contributed by atoms with Gasteiger partial charge in [0.1, 0.15) is 11.6 Å². The summed E-state index contributed by atoms with van der Waals surface area (Å²) in [6, 6.07) is 8.48. The van der Waals surface area contributed by atoms with E-state index in [0.29, 0.717) is 0 Å². The van der Waals surface area contributed by atoms with E-state index in [-0.39, 0.29) is 6.04 Å². The largest absolute Gasteiger partial charge is 0.493 e. The Morgan fingerprint density at radius 1 is 1.35 bits per heavy atom. The van der Waals surface area contributed by atoms with Crippen LogP contribution < -0.4 is 15.4 Å². The third-order valence-corrected chi connectivity index (χ3v) is 4.61. The molecule has 0 amide bonds. The molecule has 0 bridgehead atoms. The number of rotatable bonds is 7. The number of para-hydroxylation sites is 1. The lowest BCUT2D eigenvalue weighted by molar-refractivity contribution is 0.261. The minimum atomic E-state index is 0.242. The van der Waals surface area contributed by atoms with Gasteiger partial charge in [-0.1, -0.05) is 18.2 Å². The Bertz CT molecular complexity index is 724. The summed E-state index contributed by atoms with van der Waals surface area (Å²) in [6.45, 7) is 7.53. The molecule has 6 heteroatoms. The first-order chi connectivity index (χ1) is 12.8. The third-order valence-electron chi connectivity index (χ3n) is 4.61. The first kappa shape index (κ1) is 18.3. The SMILES string of the molecule is CCNC(=NCCCCn1ccnc1C)NC1CCOc2ccccc21. The number of nitrogens with zero attached hydrogens (tertiary/aromatic N) is 3. The van der Waals surface area contributed by atoms with Gasteiger partial charge in [-0.05, 0) is 32.8 Å². The topological polar surface area (TPSA) is 63.5 Å². The molecular formula is C20H29N5O. The van der Waals surface area contributed by atoms with E-state index < -0.39 is 0 Å². The number of guanidine groups is 1.